The number of hydrogen-bond acceptors (Lipinski definition) is 3. The predicted octanol–water partition coefficient (Wildman–Crippen LogP) is 5.44. The van der Waals surface area contributed by atoms with Gasteiger partial charge in [-0.05, 0) is 42.5 Å². The zero-order valence-electron chi connectivity index (χ0n) is 16.5. The van der Waals surface area contributed by atoms with Crippen molar-refractivity contribution >= 4 is 22.8 Å². The maximum atomic E-state index is 13.4. The molecule has 1 amide bonds. The van der Waals surface area contributed by atoms with Gasteiger partial charge in [-0.3, -0.25) is 4.79 Å². The summed E-state index contributed by atoms with van der Waals surface area (Å²) >= 11 is 1.64. The van der Waals surface area contributed by atoms with Gasteiger partial charge in [-0.2, -0.15) is 0 Å². The van der Waals surface area contributed by atoms with Gasteiger partial charge in [-0.1, -0.05) is 66.7 Å². The van der Waals surface area contributed by atoms with Crippen molar-refractivity contribution < 1.29 is 4.79 Å². The first-order valence-corrected chi connectivity index (χ1v) is 10.8. The minimum absolute atomic E-state index is 0.114. The Labute approximate surface area is 176 Å². The molecule has 0 fully saturated rings. The molecule has 1 aromatic heterocycles. The molecule has 1 heterocycles. The SMILES string of the molecule is Cc1nc(C2=CCC(C(=O)N(CCc3ccccc3)Cc3ccccc3)=C2)cs1. The highest BCUT2D eigenvalue weighted by atomic mass is 32.1. The molecule has 3 aromatic rings. The van der Waals surface area contributed by atoms with E-state index in [0.29, 0.717) is 19.5 Å². The molecule has 3 nitrogen and oxygen atoms in total. The van der Waals surface area contributed by atoms with E-state index in [1.54, 1.807) is 11.3 Å². The lowest BCUT2D eigenvalue weighted by Gasteiger charge is -2.23. The zero-order chi connectivity index (χ0) is 20.1. The zero-order valence-corrected chi connectivity index (χ0v) is 17.4. The van der Waals surface area contributed by atoms with Gasteiger partial charge in [-0.15, -0.1) is 11.3 Å². The highest BCUT2D eigenvalue weighted by molar-refractivity contribution is 7.09. The van der Waals surface area contributed by atoms with Crippen LogP contribution in [0.4, 0.5) is 0 Å². The lowest BCUT2D eigenvalue weighted by atomic mass is 10.1. The number of allylic oxidation sites excluding steroid dienone is 3. The van der Waals surface area contributed by atoms with Crippen LogP contribution in [-0.2, 0) is 17.8 Å². The molecule has 0 N–H and O–H groups in total. The fourth-order valence-electron chi connectivity index (χ4n) is 3.52. The Bertz CT molecular complexity index is 1030. The predicted molar refractivity (Wildman–Crippen MR) is 120 cm³/mol. The van der Waals surface area contributed by atoms with Gasteiger partial charge in [0, 0.05) is 24.0 Å². The van der Waals surface area contributed by atoms with E-state index in [2.05, 4.69) is 40.7 Å². The van der Waals surface area contributed by atoms with Gasteiger partial charge < -0.3 is 4.90 Å². The largest absolute Gasteiger partial charge is 0.334 e. The van der Waals surface area contributed by atoms with E-state index in [1.807, 2.05) is 54.3 Å². The Kier molecular flexibility index (Phi) is 6.01. The van der Waals surface area contributed by atoms with Gasteiger partial charge >= 0.3 is 0 Å². The molecule has 0 radical (unpaired) electrons. The number of rotatable bonds is 7. The molecule has 0 saturated carbocycles. The van der Waals surface area contributed by atoms with Crippen LogP contribution >= 0.6 is 11.3 Å². The Morgan fingerprint density at radius 1 is 1.03 bits per heavy atom. The topological polar surface area (TPSA) is 33.2 Å². The van der Waals surface area contributed by atoms with Gasteiger partial charge in [0.2, 0.25) is 5.91 Å². The molecule has 0 spiro atoms. The maximum Gasteiger partial charge on any atom is 0.250 e. The van der Waals surface area contributed by atoms with Crippen molar-refractivity contribution in [3.05, 3.63) is 106 Å². The highest BCUT2D eigenvalue weighted by Gasteiger charge is 2.22. The van der Waals surface area contributed by atoms with Gasteiger partial charge in [-0.25, -0.2) is 4.98 Å². The summed E-state index contributed by atoms with van der Waals surface area (Å²) in [7, 11) is 0. The summed E-state index contributed by atoms with van der Waals surface area (Å²) in [5.41, 5.74) is 5.26. The normalized spacial score (nSPS) is 13.1. The summed E-state index contributed by atoms with van der Waals surface area (Å²) in [6.07, 6.45) is 5.64. The van der Waals surface area contributed by atoms with E-state index in [9.17, 15) is 4.79 Å². The number of thiazole rings is 1. The number of amides is 1. The summed E-state index contributed by atoms with van der Waals surface area (Å²) in [5, 5.41) is 3.10. The Hall–Kier alpha value is -2.98. The van der Waals surface area contributed by atoms with Gasteiger partial charge in [0.1, 0.15) is 0 Å². The van der Waals surface area contributed by atoms with E-state index < -0.39 is 0 Å². The second kappa shape index (κ2) is 9.01. The van der Waals surface area contributed by atoms with Crippen LogP contribution < -0.4 is 0 Å². The number of aryl methyl sites for hydroxylation is 1. The fourth-order valence-corrected chi connectivity index (χ4v) is 4.14. The molecule has 4 rings (SSSR count). The summed E-state index contributed by atoms with van der Waals surface area (Å²) in [6.45, 7) is 3.32. The van der Waals surface area contributed by atoms with Crippen molar-refractivity contribution in [2.24, 2.45) is 0 Å². The van der Waals surface area contributed by atoms with E-state index in [1.165, 1.54) is 5.56 Å². The molecule has 4 heteroatoms. The van der Waals surface area contributed by atoms with Crippen molar-refractivity contribution in [3.63, 3.8) is 0 Å². The second-order valence-corrected chi connectivity index (χ2v) is 8.30. The van der Waals surface area contributed by atoms with Crippen LogP contribution in [0.3, 0.4) is 0 Å². The van der Waals surface area contributed by atoms with Gasteiger partial charge in [0.25, 0.3) is 0 Å². The van der Waals surface area contributed by atoms with E-state index in [-0.39, 0.29) is 5.91 Å². The molecular weight excluding hydrogens is 376 g/mol. The Morgan fingerprint density at radius 3 is 2.38 bits per heavy atom. The monoisotopic (exact) mass is 400 g/mol. The third kappa shape index (κ3) is 4.90. The summed E-state index contributed by atoms with van der Waals surface area (Å²) in [4.78, 5) is 19.9. The Morgan fingerprint density at radius 2 is 1.72 bits per heavy atom. The number of carbonyl (C=O) groups excluding carboxylic acids is 1. The molecule has 0 unspecified atom stereocenters. The average Bonchev–Trinajstić information content (AvgIpc) is 3.41. The van der Waals surface area contributed by atoms with Crippen LogP contribution in [0.25, 0.3) is 5.57 Å². The first-order valence-electron chi connectivity index (χ1n) is 9.89. The first kappa shape index (κ1) is 19.3. The summed E-state index contributed by atoms with van der Waals surface area (Å²) in [5.74, 6) is 0.114. The second-order valence-electron chi connectivity index (χ2n) is 7.23. The van der Waals surface area contributed by atoms with Crippen LogP contribution in [0.1, 0.15) is 28.2 Å². The third-order valence-corrected chi connectivity index (χ3v) is 5.85. The van der Waals surface area contributed by atoms with Crippen molar-refractivity contribution in [1.29, 1.82) is 0 Å². The van der Waals surface area contributed by atoms with E-state index in [4.69, 9.17) is 0 Å². The molecule has 0 saturated heterocycles. The standard InChI is InChI=1S/C25H24N2OS/c1-19-26-24(18-29-19)22-12-13-23(16-22)25(28)27(17-21-10-6-3-7-11-21)15-14-20-8-4-2-5-9-20/h2-12,16,18H,13-15,17H2,1H3. The average molecular weight is 401 g/mol. The maximum absolute atomic E-state index is 13.4. The van der Waals surface area contributed by atoms with E-state index >= 15 is 0 Å². The molecular formula is C25H24N2OS. The van der Waals surface area contributed by atoms with Crippen LogP contribution in [0.5, 0.6) is 0 Å². The third-order valence-electron chi connectivity index (χ3n) is 5.08. The molecule has 2 aromatic carbocycles. The lowest BCUT2D eigenvalue weighted by Crippen LogP contribution is -2.33. The number of benzene rings is 2. The van der Waals surface area contributed by atoms with Gasteiger partial charge in [0.15, 0.2) is 0 Å². The molecule has 1 aliphatic carbocycles. The Balaban J connectivity index is 1.51. The van der Waals surface area contributed by atoms with Gasteiger partial charge in [0.05, 0.1) is 10.7 Å². The van der Waals surface area contributed by atoms with Crippen LogP contribution in [-0.4, -0.2) is 22.3 Å². The van der Waals surface area contributed by atoms with Crippen LogP contribution in [0.2, 0.25) is 0 Å². The highest BCUT2D eigenvalue weighted by Crippen LogP contribution is 2.28. The minimum Gasteiger partial charge on any atom is -0.334 e. The molecule has 1 aliphatic rings. The number of carbonyl (C=O) groups is 1. The quantitative estimate of drug-likeness (QED) is 0.529. The molecule has 146 valence electrons. The molecule has 0 atom stereocenters. The molecule has 29 heavy (non-hydrogen) atoms. The van der Waals surface area contributed by atoms with Crippen molar-refractivity contribution in [1.82, 2.24) is 9.88 Å². The van der Waals surface area contributed by atoms with Crippen LogP contribution in [0, 0.1) is 6.92 Å². The summed E-state index contributed by atoms with van der Waals surface area (Å²) < 4.78 is 0. The lowest BCUT2D eigenvalue weighted by molar-refractivity contribution is -0.127. The number of nitrogens with zero attached hydrogens (tertiary/aromatic N) is 2. The number of aromatic nitrogens is 1. The van der Waals surface area contributed by atoms with Crippen molar-refractivity contribution in [2.45, 2.75) is 26.3 Å². The van der Waals surface area contributed by atoms with Crippen LogP contribution in [0.15, 0.2) is 83.8 Å². The summed E-state index contributed by atoms with van der Waals surface area (Å²) in [6, 6.07) is 20.5. The number of hydrogen-bond donors (Lipinski definition) is 0. The first-order chi connectivity index (χ1) is 14.2. The molecule has 0 bridgehead atoms. The molecule has 0 aliphatic heterocycles. The fraction of sp³-hybridized carbons (Fsp3) is 0.200. The van der Waals surface area contributed by atoms with E-state index in [0.717, 1.165) is 33.8 Å². The minimum atomic E-state index is 0.114. The van der Waals surface area contributed by atoms with Crippen molar-refractivity contribution in [3.8, 4) is 0 Å². The van der Waals surface area contributed by atoms with Crippen molar-refractivity contribution in [2.75, 3.05) is 6.54 Å². The smallest absolute Gasteiger partial charge is 0.250 e.